The number of H-pyrrole nitrogens is 1. The molecule has 6 nitrogen and oxygen atoms in total. The first-order valence-electron chi connectivity index (χ1n) is 7.42. The van der Waals surface area contributed by atoms with Gasteiger partial charge in [-0.3, -0.25) is 4.79 Å². The first-order valence-corrected chi connectivity index (χ1v) is 7.42. The van der Waals surface area contributed by atoms with Crippen LogP contribution in [0, 0.1) is 11.3 Å². The number of nitrogens with zero attached hydrogens (tertiary/aromatic N) is 4. The van der Waals surface area contributed by atoms with Gasteiger partial charge in [0.25, 0.3) is 5.56 Å². The average Bonchev–Trinajstić information content (AvgIpc) is 2.91. The average molecular weight is 285 g/mol. The highest BCUT2D eigenvalue weighted by atomic mass is 16.1. The number of fused-ring (bicyclic) bond motifs is 1. The summed E-state index contributed by atoms with van der Waals surface area (Å²) < 4.78 is 1.31. The molecule has 1 aliphatic rings. The molecule has 0 bridgehead atoms. The Bertz CT molecular complexity index is 759. The molecule has 0 atom stereocenters. The fourth-order valence-electron chi connectivity index (χ4n) is 2.99. The molecular formula is C15H19N5O. The van der Waals surface area contributed by atoms with Gasteiger partial charge in [0, 0.05) is 13.1 Å². The zero-order chi connectivity index (χ0) is 15.0. The van der Waals surface area contributed by atoms with E-state index in [1.807, 2.05) is 13.8 Å². The van der Waals surface area contributed by atoms with Crippen LogP contribution < -0.4 is 10.5 Å². The molecule has 21 heavy (non-hydrogen) atoms. The SMILES string of the molecule is CC(C)c1c(N2CCCCC2)[nH]c2c(C#N)cnn2c1=O. The number of nitrogens with one attached hydrogen (secondary N) is 1. The number of aromatic amines is 1. The van der Waals surface area contributed by atoms with Crippen LogP contribution in [-0.4, -0.2) is 27.7 Å². The number of nitriles is 1. The lowest BCUT2D eigenvalue weighted by Crippen LogP contribution is -2.34. The van der Waals surface area contributed by atoms with E-state index in [9.17, 15) is 4.79 Å². The van der Waals surface area contributed by atoms with Crippen LogP contribution in [0.25, 0.3) is 5.65 Å². The summed E-state index contributed by atoms with van der Waals surface area (Å²) in [4.78, 5) is 18.2. The highest BCUT2D eigenvalue weighted by Crippen LogP contribution is 2.26. The maximum atomic E-state index is 12.7. The van der Waals surface area contributed by atoms with Gasteiger partial charge in [0.1, 0.15) is 17.5 Å². The van der Waals surface area contributed by atoms with E-state index in [-0.39, 0.29) is 11.5 Å². The van der Waals surface area contributed by atoms with Crippen molar-refractivity contribution in [2.45, 2.75) is 39.0 Å². The van der Waals surface area contributed by atoms with Crippen LogP contribution in [-0.2, 0) is 0 Å². The van der Waals surface area contributed by atoms with Crippen LogP contribution in [0.1, 0.15) is 50.2 Å². The van der Waals surface area contributed by atoms with Crippen LogP contribution in [0.4, 0.5) is 5.82 Å². The van der Waals surface area contributed by atoms with Crippen molar-refractivity contribution >= 4 is 11.5 Å². The summed E-state index contributed by atoms with van der Waals surface area (Å²) in [5.41, 5.74) is 1.52. The molecular weight excluding hydrogens is 266 g/mol. The third kappa shape index (κ3) is 2.19. The molecule has 0 amide bonds. The minimum absolute atomic E-state index is 0.102. The highest BCUT2D eigenvalue weighted by molar-refractivity contribution is 5.60. The number of hydrogen-bond donors (Lipinski definition) is 1. The Kier molecular flexibility index (Phi) is 3.42. The van der Waals surface area contributed by atoms with E-state index in [4.69, 9.17) is 5.26 Å². The Morgan fingerprint density at radius 1 is 1.33 bits per heavy atom. The molecule has 0 saturated carbocycles. The Morgan fingerprint density at radius 2 is 2.05 bits per heavy atom. The predicted molar refractivity (Wildman–Crippen MR) is 80.7 cm³/mol. The van der Waals surface area contributed by atoms with Crippen LogP contribution in [0.15, 0.2) is 11.0 Å². The normalized spacial score (nSPS) is 15.6. The van der Waals surface area contributed by atoms with Crippen LogP contribution in [0.3, 0.4) is 0 Å². The standard InChI is InChI=1S/C15H19N5O/c1-10(2)12-14(19-6-4-3-5-7-19)18-13-11(8-16)9-17-20(13)15(12)21/h9-10,18H,3-7H2,1-2H3. The summed E-state index contributed by atoms with van der Waals surface area (Å²) >= 11 is 0. The van der Waals surface area contributed by atoms with Gasteiger partial charge in [-0.15, -0.1) is 0 Å². The topological polar surface area (TPSA) is 77.2 Å². The molecule has 6 heteroatoms. The smallest absolute Gasteiger partial charge is 0.279 e. The van der Waals surface area contributed by atoms with E-state index >= 15 is 0 Å². The zero-order valence-electron chi connectivity index (χ0n) is 12.4. The lowest BCUT2D eigenvalue weighted by atomic mass is 10.0. The molecule has 110 valence electrons. The summed E-state index contributed by atoms with van der Waals surface area (Å²) in [5.74, 6) is 0.962. The van der Waals surface area contributed by atoms with E-state index in [1.54, 1.807) is 0 Å². The molecule has 0 aromatic carbocycles. The van der Waals surface area contributed by atoms with Crippen molar-refractivity contribution in [3.63, 3.8) is 0 Å². The maximum absolute atomic E-state index is 12.7. The van der Waals surface area contributed by atoms with Crippen LogP contribution in [0.2, 0.25) is 0 Å². The number of hydrogen-bond acceptors (Lipinski definition) is 4. The van der Waals surface area contributed by atoms with Crippen molar-refractivity contribution in [1.29, 1.82) is 5.26 Å². The van der Waals surface area contributed by atoms with Gasteiger partial charge in [0.2, 0.25) is 0 Å². The Balaban J connectivity index is 2.27. The number of anilines is 1. The van der Waals surface area contributed by atoms with E-state index in [0.29, 0.717) is 11.2 Å². The molecule has 0 spiro atoms. The number of aromatic nitrogens is 3. The first kappa shape index (κ1) is 13.7. The monoisotopic (exact) mass is 285 g/mol. The lowest BCUT2D eigenvalue weighted by Gasteiger charge is -2.30. The molecule has 1 fully saturated rings. The lowest BCUT2D eigenvalue weighted by molar-refractivity contribution is 0.569. The first-order chi connectivity index (χ1) is 10.1. The maximum Gasteiger partial charge on any atom is 0.279 e. The second kappa shape index (κ2) is 5.24. The molecule has 1 saturated heterocycles. The molecule has 2 aromatic heterocycles. The Morgan fingerprint density at radius 3 is 2.67 bits per heavy atom. The molecule has 3 heterocycles. The van der Waals surface area contributed by atoms with Crippen LogP contribution >= 0.6 is 0 Å². The molecule has 0 aliphatic carbocycles. The molecule has 0 unspecified atom stereocenters. The minimum Gasteiger partial charge on any atom is -0.358 e. The third-order valence-corrected chi connectivity index (χ3v) is 4.05. The summed E-state index contributed by atoms with van der Waals surface area (Å²) in [6.45, 7) is 5.92. The van der Waals surface area contributed by atoms with Gasteiger partial charge in [-0.1, -0.05) is 13.8 Å². The second-order valence-corrected chi connectivity index (χ2v) is 5.83. The van der Waals surface area contributed by atoms with Crippen molar-refractivity contribution in [2.75, 3.05) is 18.0 Å². The van der Waals surface area contributed by atoms with Gasteiger partial charge in [-0.2, -0.15) is 14.9 Å². The quantitative estimate of drug-likeness (QED) is 0.915. The molecule has 1 aliphatic heterocycles. The fraction of sp³-hybridized carbons (Fsp3) is 0.533. The van der Waals surface area contributed by atoms with Gasteiger partial charge in [0.15, 0.2) is 5.65 Å². The van der Waals surface area contributed by atoms with E-state index in [1.165, 1.54) is 17.1 Å². The van der Waals surface area contributed by atoms with Crippen LogP contribution in [0.5, 0.6) is 0 Å². The van der Waals surface area contributed by atoms with Crippen molar-refractivity contribution in [1.82, 2.24) is 14.6 Å². The highest BCUT2D eigenvalue weighted by Gasteiger charge is 2.22. The number of rotatable bonds is 2. The second-order valence-electron chi connectivity index (χ2n) is 5.83. The largest absolute Gasteiger partial charge is 0.358 e. The van der Waals surface area contributed by atoms with Crippen molar-refractivity contribution in [2.24, 2.45) is 0 Å². The third-order valence-electron chi connectivity index (χ3n) is 4.05. The van der Waals surface area contributed by atoms with Gasteiger partial charge < -0.3 is 9.88 Å². The Labute approximate surface area is 123 Å². The van der Waals surface area contributed by atoms with Gasteiger partial charge in [-0.05, 0) is 25.2 Å². The zero-order valence-corrected chi connectivity index (χ0v) is 12.4. The Hall–Kier alpha value is -2.29. The summed E-state index contributed by atoms with van der Waals surface area (Å²) in [7, 11) is 0. The summed E-state index contributed by atoms with van der Waals surface area (Å²) in [6.07, 6.45) is 4.94. The molecule has 1 N–H and O–H groups in total. The summed E-state index contributed by atoms with van der Waals surface area (Å²) in [6, 6.07) is 2.08. The minimum atomic E-state index is -0.124. The fourth-order valence-corrected chi connectivity index (χ4v) is 2.99. The van der Waals surface area contributed by atoms with E-state index < -0.39 is 0 Å². The molecule has 0 radical (unpaired) electrons. The molecule has 3 rings (SSSR count). The number of piperidine rings is 1. The van der Waals surface area contributed by atoms with Crippen molar-refractivity contribution < 1.29 is 0 Å². The van der Waals surface area contributed by atoms with E-state index in [2.05, 4.69) is 21.1 Å². The van der Waals surface area contributed by atoms with Gasteiger partial charge in [0.05, 0.1) is 11.8 Å². The summed E-state index contributed by atoms with van der Waals surface area (Å²) in [5, 5.41) is 13.2. The van der Waals surface area contributed by atoms with Gasteiger partial charge in [-0.25, -0.2) is 0 Å². The molecule has 2 aromatic rings. The van der Waals surface area contributed by atoms with Crippen molar-refractivity contribution in [3.05, 3.63) is 27.7 Å². The van der Waals surface area contributed by atoms with Crippen molar-refractivity contribution in [3.8, 4) is 6.07 Å². The van der Waals surface area contributed by atoms with E-state index in [0.717, 1.165) is 37.3 Å². The predicted octanol–water partition coefficient (Wildman–Crippen LogP) is 2.01. The van der Waals surface area contributed by atoms with Gasteiger partial charge >= 0.3 is 0 Å².